The van der Waals surface area contributed by atoms with Crippen molar-refractivity contribution in [3.05, 3.63) is 59.2 Å². The van der Waals surface area contributed by atoms with E-state index in [2.05, 4.69) is 23.6 Å². The molecule has 5 nitrogen and oxygen atoms in total. The van der Waals surface area contributed by atoms with Crippen LogP contribution in [0.1, 0.15) is 74.8 Å². The first-order chi connectivity index (χ1) is 18.4. The van der Waals surface area contributed by atoms with Crippen molar-refractivity contribution in [2.75, 3.05) is 23.5 Å². The van der Waals surface area contributed by atoms with Gasteiger partial charge < -0.3 is 17.2 Å². The molecule has 0 aliphatic heterocycles. The number of nitrogens with one attached hydrogen (secondary N) is 2. The standard InChI is InChI=1S/C31H44N2O3S2.Li.H/c1-4-38-21-25(18-23-11-6-5-7-12-23)32-20-24-14-15-27(28(19-24)26-13-9-8-10-22(26)2)30(34)33-29(31(35)36)16-17-37-3;;/h8-10,13-15,19,23,25,29,32H,4-7,11-12,16-18,20-21H2,1-3H3,(H,33,34)(H,35,36);;/q;+1;-1/t25?,29-;;/m0../s1. The van der Waals surface area contributed by atoms with Gasteiger partial charge in [0.1, 0.15) is 6.04 Å². The van der Waals surface area contributed by atoms with Crippen molar-refractivity contribution in [1.82, 2.24) is 10.6 Å². The average molecular weight is 565 g/mol. The largest absolute Gasteiger partial charge is 1.00 e. The van der Waals surface area contributed by atoms with Crippen molar-refractivity contribution in [2.24, 2.45) is 5.92 Å². The fourth-order valence-electron chi connectivity index (χ4n) is 5.28. The molecule has 0 spiro atoms. The van der Waals surface area contributed by atoms with Crippen LogP contribution in [0.4, 0.5) is 0 Å². The van der Waals surface area contributed by atoms with Crippen LogP contribution in [0.15, 0.2) is 42.5 Å². The Balaban J connectivity index is 0.00000400. The Morgan fingerprint density at radius 2 is 1.85 bits per heavy atom. The summed E-state index contributed by atoms with van der Waals surface area (Å²) in [6, 6.07) is 13.6. The van der Waals surface area contributed by atoms with Crippen molar-refractivity contribution in [1.29, 1.82) is 0 Å². The van der Waals surface area contributed by atoms with Crippen LogP contribution in [-0.2, 0) is 11.3 Å². The Labute approximate surface area is 257 Å². The second-order valence-corrected chi connectivity index (χ2v) is 12.6. The van der Waals surface area contributed by atoms with Gasteiger partial charge >= 0.3 is 24.8 Å². The second-order valence-electron chi connectivity index (χ2n) is 10.3. The summed E-state index contributed by atoms with van der Waals surface area (Å²) in [5.41, 5.74) is 4.57. The third-order valence-corrected chi connectivity index (χ3v) is 9.13. The van der Waals surface area contributed by atoms with Gasteiger partial charge in [-0.1, -0.05) is 69.4 Å². The molecular weight excluding hydrogens is 519 g/mol. The maximum absolute atomic E-state index is 13.3. The van der Waals surface area contributed by atoms with E-state index >= 15 is 0 Å². The van der Waals surface area contributed by atoms with Crippen LogP contribution in [-0.4, -0.2) is 52.6 Å². The van der Waals surface area contributed by atoms with E-state index in [1.165, 1.54) is 38.5 Å². The molecule has 39 heavy (non-hydrogen) atoms. The van der Waals surface area contributed by atoms with Crippen LogP contribution in [0, 0.1) is 12.8 Å². The van der Waals surface area contributed by atoms with E-state index in [1.54, 1.807) is 11.8 Å². The van der Waals surface area contributed by atoms with Gasteiger partial charge in [-0.05, 0) is 77.8 Å². The molecule has 210 valence electrons. The molecule has 3 N–H and O–H groups in total. The minimum Gasteiger partial charge on any atom is -1.00 e. The number of benzene rings is 2. The van der Waals surface area contributed by atoms with Crippen molar-refractivity contribution in [2.45, 2.75) is 77.4 Å². The fourth-order valence-corrected chi connectivity index (χ4v) is 6.53. The Morgan fingerprint density at radius 1 is 1.10 bits per heavy atom. The summed E-state index contributed by atoms with van der Waals surface area (Å²) in [6.45, 7) is 5.01. The summed E-state index contributed by atoms with van der Waals surface area (Å²) in [6.07, 6.45) is 10.4. The van der Waals surface area contributed by atoms with Gasteiger partial charge in [0.15, 0.2) is 0 Å². The molecular formula is C31H45LiN2O3S2. The number of aliphatic carboxylic acids is 1. The maximum atomic E-state index is 13.3. The van der Waals surface area contributed by atoms with Crippen LogP contribution >= 0.6 is 23.5 Å². The van der Waals surface area contributed by atoms with Gasteiger partial charge in [-0.3, -0.25) is 4.79 Å². The molecule has 2 atom stereocenters. The topological polar surface area (TPSA) is 78.4 Å². The molecule has 1 aliphatic rings. The molecule has 3 rings (SSSR count). The second kappa shape index (κ2) is 18.1. The zero-order valence-electron chi connectivity index (χ0n) is 25.1. The van der Waals surface area contributed by atoms with E-state index in [0.717, 1.165) is 46.2 Å². The smallest absolute Gasteiger partial charge is 1.00 e. The maximum Gasteiger partial charge on any atom is 1.00 e. The van der Waals surface area contributed by atoms with E-state index in [-0.39, 0.29) is 26.2 Å². The van der Waals surface area contributed by atoms with Crippen LogP contribution in [0.3, 0.4) is 0 Å². The Kier molecular flexibility index (Phi) is 15.7. The normalized spacial score (nSPS) is 15.3. The molecule has 1 saturated carbocycles. The SMILES string of the molecule is CCSCC(CC1CCCCC1)NCc1ccc(C(=O)N[C@@H](CCSC)C(=O)O)c(-c2ccccc2C)c1.[H-].[Li+]. The first-order valence-electron chi connectivity index (χ1n) is 14.0. The van der Waals surface area contributed by atoms with Crippen LogP contribution in [0.5, 0.6) is 0 Å². The molecule has 8 heteroatoms. The van der Waals surface area contributed by atoms with Gasteiger partial charge in [0.05, 0.1) is 0 Å². The van der Waals surface area contributed by atoms with E-state index in [1.807, 2.05) is 61.3 Å². The van der Waals surface area contributed by atoms with E-state index in [9.17, 15) is 14.7 Å². The van der Waals surface area contributed by atoms with Crippen molar-refractivity contribution >= 4 is 35.4 Å². The number of rotatable bonds is 15. The van der Waals surface area contributed by atoms with Crippen LogP contribution in [0.25, 0.3) is 11.1 Å². The number of thioether (sulfide) groups is 2. The predicted octanol–water partition coefficient (Wildman–Crippen LogP) is 3.90. The summed E-state index contributed by atoms with van der Waals surface area (Å²) in [7, 11) is 0. The Morgan fingerprint density at radius 3 is 2.51 bits per heavy atom. The van der Waals surface area contributed by atoms with Gasteiger partial charge in [0.2, 0.25) is 0 Å². The molecule has 1 unspecified atom stereocenters. The quantitative estimate of drug-likeness (QED) is 0.285. The summed E-state index contributed by atoms with van der Waals surface area (Å²) >= 11 is 3.57. The third-order valence-electron chi connectivity index (χ3n) is 7.44. The molecule has 2 aromatic rings. The number of carbonyl (C=O) groups excluding carboxylic acids is 1. The van der Waals surface area contributed by atoms with E-state index in [0.29, 0.717) is 23.8 Å². The zero-order chi connectivity index (χ0) is 27.3. The van der Waals surface area contributed by atoms with Crippen LogP contribution in [0.2, 0.25) is 0 Å². The van der Waals surface area contributed by atoms with Crippen molar-refractivity contribution < 1.29 is 35.0 Å². The predicted molar refractivity (Wildman–Crippen MR) is 164 cm³/mol. The first kappa shape index (κ1) is 33.8. The first-order valence-corrected chi connectivity index (χ1v) is 16.5. The third kappa shape index (κ3) is 10.9. The number of aryl methyl sites for hydroxylation is 1. The van der Waals surface area contributed by atoms with Crippen LogP contribution < -0.4 is 29.5 Å². The molecule has 0 heterocycles. The zero-order valence-corrected chi connectivity index (χ0v) is 25.8. The number of amides is 1. The van der Waals surface area contributed by atoms with Gasteiger partial charge in [-0.25, -0.2) is 4.79 Å². The number of hydrogen-bond acceptors (Lipinski definition) is 5. The van der Waals surface area contributed by atoms with Crippen molar-refractivity contribution in [3.8, 4) is 11.1 Å². The summed E-state index contributed by atoms with van der Waals surface area (Å²) in [5, 5.41) is 16.2. The molecule has 1 aliphatic carbocycles. The van der Waals surface area contributed by atoms with Gasteiger partial charge in [-0.2, -0.15) is 23.5 Å². The average Bonchev–Trinajstić information content (AvgIpc) is 2.93. The number of carboxylic acid groups (broad SMARTS) is 1. The Hall–Kier alpha value is -1.36. The number of carbonyl (C=O) groups is 2. The minimum atomic E-state index is -1.00. The molecule has 0 saturated heterocycles. The van der Waals surface area contributed by atoms with E-state index < -0.39 is 12.0 Å². The fraction of sp³-hybridized carbons (Fsp3) is 0.548. The van der Waals surface area contributed by atoms with Gasteiger partial charge in [-0.15, -0.1) is 0 Å². The molecule has 0 aromatic heterocycles. The number of carboxylic acids is 1. The summed E-state index contributed by atoms with van der Waals surface area (Å²) in [4.78, 5) is 25.1. The van der Waals surface area contributed by atoms with E-state index in [4.69, 9.17) is 0 Å². The minimum absolute atomic E-state index is 0. The van der Waals surface area contributed by atoms with Gasteiger partial charge in [0, 0.05) is 23.9 Å². The van der Waals surface area contributed by atoms with Crippen molar-refractivity contribution in [3.63, 3.8) is 0 Å². The summed E-state index contributed by atoms with van der Waals surface area (Å²) in [5.74, 6) is 2.39. The molecule has 0 bridgehead atoms. The Bertz CT molecular complexity index is 1050. The number of hydrogen-bond donors (Lipinski definition) is 3. The monoisotopic (exact) mass is 564 g/mol. The summed E-state index contributed by atoms with van der Waals surface area (Å²) < 4.78 is 0. The molecule has 1 amide bonds. The molecule has 1 fully saturated rings. The molecule has 0 radical (unpaired) electrons. The van der Waals surface area contributed by atoms with Gasteiger partial charge in [0.25, 0.3) is 5.91 Å². The molecule has 2 aromatic carbocycles.